The van der Waals surface area contributed by atoms with E-state index in [-0.39, 0.29) is 23.7 Å². The fourth-order valence-corrected chi connectivity index (χ4v) is 10.4. The maximum Gasteiger partial charge on any atom is 0.158 e. The number of hydrogen-bond donors (Lipinski definition) is 1. The first-order valence-corrected chi connectivity index (χ1v) is 13.9. The third-order valence-electron chi connectivity index (χ3n) is 11.7. The van der Waals surface area contributed by atoms with Crippen LogP contribution in [0.4, 0.5) is 4.39 Å². The van der Waals surface area contributed by atoms with Gasteiger partial charge in [0, 0.05) is 12.0 Å². The molecule has 0 bridgehead atoms. The van der Waals surface area contributed by atoms with Gasteiger partial charge >= 0.3 is 0 Å². The first-order valence-electron chi connectivity index (χ1n) is 13.9. The molecule has 0 unspecified atom stereocenters. The fraction of sp³-hybridized carbons (Fsp3) is 0.759. The monoisotopic (exact) mass is 479 g/mol. The Bertz CT molecular complexity index is 1190. The van der Waals surface area contributed by atoms with E-state index in [0.29, 0.717) is 40.9 Å². The Hall–Kier alpha value is -1.82. The van der Waals surface area contributed by atoms with Crippen LogP contribution in [0.3, 0.4) is 0 Å². The molecular formula is C29H38FN3O2. The molecular weight excluding hydrogens is 441 g/mol. The second-order valence-electron chi connectivity index (χ2n) is 13.5. The van der Waals surface area contributed by atoms with Crippen LogP contribution >= 0.6 is 0 Å². The quantitative estimate of drug-likeness (QED) is 0.652. The van der Waals surface area contributed by atoms with Gasteiger partial charge in [0.05, 0.1) is 11.1 Å². The molecule has 0 aliphatic heterocycles. The highest BCUT2D eigenvalue weighted by Gasteiger charge is 2.74. The van der Waals surface area contributed by atoms with E-state index in [2.05, 4.69) is 24.2 Å². The second kappa shape index (κ2) is 7.36. The predicted molar refractivity (Wildman–Crippen MR) is 131 cm³/mol. The number of carbonyl (C=O) groups is 1. The average Bonchev–Trinajstić information content (AvgIpc) is 3.13. The summed E-state index contributed by atoms with van der Waals surface area (Å²) < 4.78 is 15.3. The number of Topliss-reactive ketones (excluding diaryl/α,β-unsaturated/α-hetero) is 1. The number of carbonyl (C=O) groups excluding carboxylic acids is 1. The number of halogens is 1. The largest absolute Gasteiger partial charge is 0.390 e. The average molecular weight is 480 g/mol. The van der Waals surface area contributed by atoms with Crippen molar-refractivity contribution in [2.24, 2.45) is 58.7 Å². The Kier molecular flexibility index (Phi) is 4.71. The summed E-state index contributed by atoms with van der Waals surface area (Å²) in [6.07, 6.45) is 8.01. The van der Waals surface area contributed by atoms with Crippen molar-refractivity contribution in [2.75, 3.05) is 0 Å². The molecule has 1 N–H and O–H groups in total. The lowest BCUT2D eigenvalue weighted by molar-refractivity contribution is -0.137. The Labute approximate surface area is 206 Å². The molecule has 7 rings (SSSR count). The standard InChI is InChI=1S/C29H38FN3O2/c1-15-24-25(15)27(23(34)14-33-22-7-5-17(30)12-21(22)31-32-33)29(3)11-9-19-18-8-10-28(2,35)13-16(18)4-6-20(19)26(24)29/h5,7,12,15-16,18-20,24-27,35H,4,6,8-11,13-14H2,1-3H3/t15-,16+,18-,19+,20+,24+,25-,26+,27-,28+,29-/m0/s1. The Balaban J connectivity index is 1.16. The SMILES string of the molecule is C[C@H]1[C@@H]2[C@H]1[C@H](C(=O)Cn1nnc3cc(F)ccc31)[C@@]1(C)CC[C@H]3[C@@H](CC[C@@H]4C[C@](C)(O)CC[C@@H]43)[C@H]21. The molecule has 11 atom stereocenters. The maximum absolute atomic E-state index is 13.9. The van der Waals surface area contributed by atoms with Crippen LogP contribution in [0.5, 0.6) is 0 Å². The highest BCUT2D eigenvalue weighted by molar-refractivity contribution is 5.85. The molecule has 0 spiro atoms. The van der Waals surface area contributed by atoms with Crippen molar-refractivity contribution >= 4 is 16.8 Å². The van der Waals surface area contributed by atoms with Gasteiger partial charge in [-0.25, -0.2) is 9.07 Å². The zero-order chi connectivity index (χ0) is 24.3. The minimum atomic E-state index is -0.477. The van der Waals surface area contributed by atoms with E-state index in [1.54, 1.807) is 10.7 Å². The number of rotatable bonds is 3. The van der Waals surface area contributed by atoms with E-state index in [0.717, 1.165) is 42.5 Å². The van der Waals surface area contributed by atoms with Gasteiger partial charge in [-0.3, -0.25) is 4.79 Å². The normalized spacial score (nSPS) is 48.1. The summed E-state index contributed by atoms with van der Waals surface area (Å²) in [5, 5.41) is 19.0. The van der Waals surface area contributed by atoms with Crippen molar-refractivity contribution in [3.63, 3.8) is 0 Å². The number of nitrogens with zero attached hydrogens (tertiary/aromatic N) is 3. The zero-order valence-electron chi connectivity index (χ0n) is 21.2. The smallest absolute Gasteiger partial charge is 0.158 e. The summed E-state index contributed by atoms with van der Waals surface area (Å²) >= 11 is 0. The van der Waals surface area contributed by atoms with Crippen LogP contribution in [0.2, 0.25) is 0 Å². The molecule has 5 aliphatic rings. The number of aromatic nitrogens is 3. The minimum absolute atomic E-state index is 0.0790. The third kappa shape index (κ3) is 3.17. The molecule has 0 radical (unpaired) electrons. The summed E-state index contributed by atoms with van der Waals surface area (Å²) in [6.45, 7) is 7.07. The molecule has 5 fully saturated rings. The van der Waals surface area contributed by atoms with Gasteiger partial charge in [0.2, 0.25) is 0 Å². The molecule has 1 aromatic heterocycles. The maximum atomic E-state index is 13.9. The van der Waals surface area contributed by atoms with Crippen LogP contribution in [0.1, 0.15) is 65.7 Å². The summed E-state index contributed by atoms with van der Waals surface area (Å²) in [5.41, 5.74) is 0.843. The molecule has 5 saturated carbocycles. The minimum Gasteiger partial charge on any atom is -0.390 e. The Morgan fingerprint density at radius 1 is 1.11 bits per heavy atom. The number of ketones is 1. The number of aliphatic hydroxyl groups is 1. The van der Waals surface area contributed by atoms with Gasteiger partial charge in [-0.05, 0) is 117 Å². The molecule has 1 heterocycles. The summed E-state index contributed by atoms with van der Waals surface area (Å²) in [5.74, 6) is 5.51. The van der Waals surface area contributed by atoms with E-state index in [1.807, 2.05) is 6.92 Å². The van der Waals surface area contributed by atoms with Crippen molar-refractivity contribution in [3.05, 3.63) is 24.0 Å². The van der Waals surface area contributed by atoms with Crippen LogP contribution < -0.4 is 0 Å². The van der Waals surface area contributed by atoms with E-state index in [9.17, 15) is 14.3 Å². The van der Waals surface area contributed by atoms with E-state index < -0.39 is 5.60 Å². The lowest BCUT2D eigenvalue weighted by Crippen LogP contribution is -2.52. The zero-order valence-corrected chi connectivity index (χ0v) is 21.2. The highest BCUT2D eigenvalue weighted by atomic mass is 19.1. The summed E-state index contributed by atoms with van der Waals surface area (Å²) in [4.78, 5) is 13.9. The molecule has 0 amide bonds. The first-order chi connectivity index (χ1) is 16.7. The van der Waals surface area contributed by atoms with Gasteiger partial charge in [0.25, 0.3) is 0 Å². The number of benzene rings is 1. The van der Waals surface area contributed by atoms with Gasteiger partial charge in [0.15, 0.2) is 5.78 Å². The molecule has 1 aromatic carbocycles. The van der Waals surface area contributed by atoms with E-state index in [1.165, 1.54) is 37.8 Å². The molecule has 5 aliphatic carbocycles. The molecule has 0 saturated heterocycles. The Morgan fingerprint density at radius 3 is 2.74 bits per heavy atom. The molecule has 2 aromatic rings. The molecule has 5 nitrogen and oxygen atoms in total. The van der Waals surface area contributed by atoms with Crippen molar-refractivity contribution < 1.29 is 14.3 Å². The first kappa shape index (κ1) is 22.4. The Morgan fingerprint density at radius 2 is 1.91 bits per heavy atom. The van der Waals surface area contributed by atoms with Gasteiger partial charge in [0.1, 0.15) is 17.9 Å². The van der Waals surface area contributed by atoms with Crippen LogP contribution in [0, 0.1) is 64.5 Å². The van der Waals surface area contributed by atoms with Crippen LogP contribution in [0.15, 0.2) is 18.2 Å². The summed E-state index contributed by atoms with van der Waals surface area (Å²) in [7, 11) is 0. The van der Waals surface area contributed by atoms with Crippen molar-refractivity contribution in [1.29, 1.82) is 0 Å². The van der Waals surface area contributed by atoms with E-state index >= 15 is 0 Å². The molecule has 6 heteroatoms. The third-order valence-corrected chi connectivity index (χ3v) is 11.7. The second-order valence-corrected chi connectivity index (χ2v) is 13.5. The molecule has 188 valence electrons. The number of hydrogen-bond acceptors (Lipinski definition) is 4. The number of fused-ring (bicyclic) bond motifs is 8. The highest BCUT2D eigenvalue weighted by Crippen LogP contribution is 2.77. The van der Waals surface area contributed by atoms with Crippen molar-refractivity contribution in [2.45, 2.75) is 77.9 Å². The van der Waals surface area contributed by atoms with Crippen LogP contribution in [-0.2, 0) is 11.3 Å². The van der Waals surface area contributed by atoms with Crippen molar-refractivity contribution in [3.8, 4) is 0 Å². The van der Waals surface area contributed by atoms with Crippen LogP contribution in [0.25, 0.3) is 11.0 Å². The topological polar surface area (TPSA) is 68.0 Å². The van der Waals surface area contributed by atoms with Gasteiger partial charge in [-0.2, -0.15) is 0 Å². The lowest BCUT2D eigenvalue weighted by Gasteiger charge is -2.58. The van der Waals surface area contributed by atoms with Crippen LogP contribution in [-0.4, -0.2) is 31.5 Å². The van der Waals surface area contributed by atoms with Gasteiger partial charge in [-0.15, -0.1) is 5.10 Å². The van der Waals surface area contributed by atoms with Gasteiger partial charge in [-0.1, -0.05) is 19.1 Å². The lowest BCUT2D eigenvalue weighted by atomic mass is 9.47. The summed E-state index contributed by atoms with van der Waals surface area (Å²) in [6, 6.07) is 4.49. The van der Waals surface area contributed by atoms with Gasteiger partial charge < -0.3 is 5.11 Å². The van der Waals surface area contributed by atoms with Crippen molar-refractivity contribution in [1.82, 2.24) is 15.0 Å². The predicted octanol–water partition coefficient (Wildman–Crippen LogP) is 5.26. The van der Waals surface area contributed by atoms with E-state index in [4.69, 9.17) is 0 Å². The fourth-order valence-electron chi connectivity index (χ4n) is 10.4. The molecule has 35 heavy (non-hydrogen) atoms.